The van der Waals surface area contributed by atoms with E-state index in [1.165, 1.54) is 66.7 Å². The highest BCUT2D eigenvalue weighted by molar-refractivity contribution is 7.91. The van der Waals surface area contributed by atoms with Crippen LogP contribution in [-0.2, 0) is 16.3 Å². The predicted octanol–water partition coefficient (Wildman–Crippen LogP) is 5.81. The molecule has 4 aromatic carbocycles. The summed E-state index contributed by atoms with van der Waals surface area (Å²) in [6.45, 7) is 2.06. The normalized spacial score (nSPS) is 10.9. The fourth-order valence-electron chi connectivity index (χ4n) is 3.71. The highest BCUT2D eigenvalue weighted by Gasteiger charge is 2.18. The minimum absolute atomic E-state index is 0.0830. The topological polar surface area (TPSA) is 116 Å². The first kappa shape index (κ1) is 26.4. The predicted molar refractivity (Wildman–Crippen MR) is 149 cm³/mol. The van der Waals surface area contributed by atoms with E-state index in [0.29, 0.717) is 17.1 Å². The van der Waals surface area contributed by atoms with Gasteiger partial charge in [0.15, 0.2) is 0 Å². The first-order chi connectivity index (χ1) is 18.2. The SMILES string of the molecule is CNC(=O)Nc1ccc(S(=O)(=O)c2ccc(NC(=O)Nc3ccc(Cc4ccc(C)cc4)cc3)cc2)cc1. The second kappa shape index (κ2) is 11.6. The number of rotatable bonds is 7. The lowest BCUT2D eigenvalue weighted by Gasteiger charge is -2.10. The molecular weight excluding hydrogens is 500 g/mol. The molecule has 4 N–H and O–H groups in total. The molecule has 0 aliphatic carbocycles. The Hall–Kier alpha value is -4.63. The molecule has 0 unspecified atom stereocenters. The van der Waals surface area contributed by atoms with Gasteiger partial charge in [-0.1, -0.05) is 42.0 Å². The minimum atomic E-state index is -3.77. The van der Waals surface area contributed by atoms with Crippen molar-refractivity contribution in [1.29, 1.82) is 0 Å². The second-order valence-electron chi connectivity index (χ2n) is 8.69. The Morgan fingerprint density at radius 2 is 0.947 bits per heavy atom. The maximum Gasteiger partial charge on any atom is 0.323 e. The first-order valence-electron chi connectivity index (χ1n) is 11.9. The van der Waals surface area contributed by atoms with Crippen molar-refractivity contribution in [2.45, 2.75) is 23.1 Å². The number of carbonyl (C=O) groups is 2. The standard InChI is InChI=1S/C29H28N4O4S/c1-20-3-5-21(6-4-20)19-22-7-9-23(10-8-22)32-29(35)33-25-13-17-27(18-14-25)38(36,37)26-15-11-24(12-16-26)31-28(34)30-2/h3-18H,19H2,1-2H3,(H2,30,31,34)(H2,32,33,35). The van der Waals surface area contributed by atoms with E-state index in [-0.39, 0.29) is 9.79 Å². The summed E-state index contributed by atoms with van der Waals surface area (Å²) in [4.78, 5) is 24.0. The average molecular weight is 529 g/mol. The van der Waals surface area contributed by atoms with E-state index in [1.807, 2.05) is 24.3 Å². The molecule has 0 aliphatic rings. The molecule has 0 aliphatic heterocycles. The van der Waals surface area contributed by atoms with Crippen molar-refractivity contribution in [2.24, 2.45) is 0 Å². The molecule has 0 atom stereocenters. The number of anilines is 3. The van der Waals surface area contributed by atoms with Gasteiger partial charge in [-0.15, -0.1) is 0 Å². The van der Waals surface area contributed by atoms with Gasteiger partial charge >= 0.3 is 12.1 Å². The summed E-state index contributed by atoms with van der Waals surface area (Å²) in [5.41, 5.74) is 5.13. The zero-order chi connectivity index (χ0) is 27.1. The Labute approximate surface area is 222 Å². The van der Waals surface area contributed by atoms with Gasteiger partial charge in [0.25, 0.3) is 0 Å². The fourth-order valence-corrected chi connectivity index (χ4v) is 4.97. The Morgan fingerprint density at radius 1 is 0.579 bits per heavy atom. The second-order valence-corrected chi connectivity index (χ2v) is 10.6. The molecule has 0 saturated carbocycles. The summed E-state index contributed by atoms with van der Waals surface area (Å²) in [5.74, 6) is 0. The third-order valence-electron chi connectivity index (χ3n) is 5.81. The van der Waals surface area contributed by atoms with Gasteiger partial charge < -0.3 is 21.3 Å². The van der Waals surface area contributed by atoms with Crippen LogP contribution in [0.4, 0.5) is 26.7 Å². The van der Waals surface area contributed by atoms with Crippen LogP contribution in [0.25, 0.3) is 0 Å². The number of nitrogens with one attached hydrogen (secondary N) is 4. The molecule has 38 heavy (non-hydrogen) atoms. The highest BCUT2D eigenvalue weighted by Crippen LogP contribution is 2.24. The monoisotopic (exact) mass is 528 g/mol. The van der Waals surface area contributed by atoms with Crippen molar-refractivity contribution in [1.82, 2.24) is 5.32 Å². The van der Waals surface area contributed by atoms with Gasteiger partial charge in [0.05, 0.1) is 9.79 Å². The third-order valence-corrected chi connectivity index (χ3v) is 7.60. The molecule has 0 saturated heterocycles. The van der Waals surface area contributed by atoms with E-state index in [1.54, 1.807) is 0 Å². The molecule has 194 valence electrons. The summed E-state index contributed by atoms with van der Waals surface area (Å²) >= 11 is 0. The van der Waals surface area contributed by atoms with Gasteiger partial charge in [-0.3, -0.25) is 0 Å². The van der Waals surface area contributed by atoms with E-state index in [2.05, 4.69) is 52.5 Å². The fraction of sp³-hybridized carbons (Fsp3) is 0.103. The van der Waals surface area contributed by atoms with Crippen LogP contribution in [0.3, 0.4) is 0 Å². The zero-order valence-corrected chi connectivity index (χ0v) is 21.8. The minimum Gasteiger partial charge on any atom is -0.341 e. The van der Waals surface area contributed by atoms with Crippen molar-refractivity contribution >= 4 is 39.0 Å². The van der Waals surface area contributed by atoms with Crippen molar-refractivity contribution in [3.8, 4) is 0 Å². The first-order valence-corrected chi connectivity index (χ1v) is 13.4. The van der Waals surface area contributed by atoms with E-state index in [0.717, 1.165) is 12.0 Å². The van der Waals surface area contributed by atoms with Crippen LogP contribution in [0.2, 0.25) is 0 Å². The van der Waals surface area contributed by atoms with Crippen molar-refractivity contribution in [3.05, 3.63) is 114 Å². The van der Waals surface area contributed by atoms with E-state index in [4.69, 9.17) is 0 Å². The average Bonchev–Trinajstić information content (AvgIpc) is 2.91. The van der Waals surface area contributed by atoms with Crippen molar-refractivity contribution in [3.63, 3.8) is 0 Å². The lowest BCUT2D eigenvalue weighted by molar-refractivity contribution is 0.254. The molecule has 4 rings (SSSR count). The van der Waals surface area contributed by atoms with Gasteiger partial charge in [-0.2, -0.15) is 0 Å². The Balaban J connectivity index is 1.34. The Morgan fingerprint density at radius 3 is 1.37 bits per heavy atom. The number of aryl methyl sites for hydroxylation is 1. The van der Waals surface area contributed by atoms with Crippen LogP contribution in [0, 0.1) is 6.92 Å². The smallest absolute Gasteiger partial charge is 0.323 e. The van der Waals surface area contributed by atoms with E-state index in [9.17, 15) is 18.0 Å². The zero-order valence-electron chi connectivity index (χ0n) is 21.0. The summed E-state index contributed by atoms with van der Waals surface area (Å²) < 4.78 is 25.9. The van der Waals surface area contributed by atoms with Crippen LogP contribution < -0.4 is 21.3 Å². The number of urea groups is 2. The van der Waals surface area contributed by atoms with Crippen molar-refractivity contribution in [2.75, 3.05) is 23.0 Å². The molecule has 0 heterocycles. The molecule has 0 bridgehead atoms. The lowest BCUT2D eigenvalue weighted by Crippen LogP contribution is -2.24. The number of benzene rings is 4. The molecule has 4 aromatic rings. The highest BCUT2D eigenvalue weighted by atomic mass is 32.2. The van der Waals surface area contributed by atoms with Gasteiger partial charge in [-0.25, -0.2) is 18.0 Å². The maximum absolute atomic E-state index is 13.0. The van der Waals surface area contributed by atoms with Crippen LogP contribution in [0.15, 0.2) is 107 Å². The van der Waals surface area contributed by atoms with E-state index < -0.39 is 21.9 Å². The number of hydrogen-bond acceptors (Lipinski definition) is 4. The number of amides is 4. The van der Waals surface area contributed by atoms with Gasteiger partial charge in [0.2, 0.25) is 9.84 Å². The van der Waals surface area contributed by atoms with Crippen LogP contribution in [0.5, 0.6) is 0 Å². The largest absolute Gasteiger partial charge is 0.341 e. The summed E-state index contributed by atoms with van der Waals surface area (Å²) in [5, 5.41) is 10.5. The van der Waals surface area contributed by atoms with Crippen LogP contribution >= 0.6 is 0 Å². The summed E-state index contributed by atoms with van der Waals surface area (Å²) in [6, 6.07) is 27.0. The molecule has 0 aromatic heterocycles. The van der Waals surface area contributed by atoms with Crippen LogP contribution in [0.1, 0.15) is 16.7 Å². The molecule has 0 radical (unpaired) electrons. The lowest BCUT2D eigenvalue weighted by atomic mass is 10.0. The maximum atomic E-state index is 13.0. The third kappa shape index (κ3) is 6.77. The Bertz CT molecular complexity index is 1520. The van der Waals surface area contributed by atoms with Crippen LogP contribution in [-0.4, -0.2) is 27.5 Å². The van der Waals surface area contributed by atoms with E-state index >= 15 is 0 Å². The Kier molecular flexibility index (Phi) is 8.08. The summed E-state index contributed by atoms with van der Waals surface area (Å²) in [7, 11) is -2.28. The molecule has 0 spiro atoms. The van der Waals surface area contributed by atoms with Gasteiger partial charge in [-0.05, 0) is 85.1 Å². The molecular formula is C29H28N4O4S. The number of sulfone groups is 1. The quantitative estimate of drug-likeness (QED) is 0.242. The summed E-state index contributed by atoms with van der Waals surface area (Å²) in [6.07, 6.45) is 0.805. The molecule has 9 heteroatoms. The molecule has 0 fully saturated rings. The van der Waals surface area contributed by atoms with Gasteiger partial charge in [0, 0.05) is 24.1 Å². The molecule has 4 amide bonds. The van der Waals surface area contributed by atoms with Gasteiger partial charge in [0.1, 0.15) is 0 Å². The number of carbonyl (C=O) groups excluding carboxylic acids is 2. The van der Waals surface area contributed by atoms with Crippen molar-refractivity contribution < 1.29 is 18.0 Å². The number of hydrogen-bond donors (Lipinski definition) is 4. The molecule has 8 nitrogen and oxygen atoms in total.